The zero-order valence-electron chi connectivity index (χ0n) is 12.9. The van der Waals surface area contributed by atoms with Crippen LogP contribution in [-0.4, -0.2) is 48.4 Å². The summed E-state index contributed by atoms with van der Waals surface area (Å²) in [5, 5.41) is 2.95. The normalized spacial score (nSPS) is 16.4. The summed E-state index contributed by atoms with van der Waals surface area (Å²) in [5.74, 6) is 1.02. The molecule has 1 fully saturated rings. The number of hydrogen-bond acceptors (Lipinski definition) is 4. The molecule has 0 unspecified atom stereocenters. The fourth-order valence-corrected chi connectivity index (χ4v) is 3.07. The SMILES string of the molecule is O=C(CN1CCN(Cc2ccco2)CC1)Nc1ccccc1Br. The van der Waals surface area contributed by atoms with E-state index in [1.54, 1.807) is 6.26 Å². The summed E-state index contributed by atoms with van der Waals surface area (Å²) in [7, 11) is 0. The molecule has 1 amide bonds. The van der Waals surface area contributed by atoms with Crippen molar-refractivity contribution in [2.24, 2.45) is 0 Å². The second-order valence-corrected chi connectivity index (χ2v) is 6.51. The number of amides is 1. The first-order valence-electron chi connectivity index (χ1n) is 7.72. The van der Waals surface area contributed by atoms with Gasteiger partial charge in [0.15, 0.2) is 0 Å². The van der Waals surface area contributed by atoms with Crippen LogP contribution in [0.1, 0.15) is 5.76 Å². The van der Waals surface area contributed by atoms with Gasteiger partial charge in [0, 0.05) is 30.7 Å². The second kappa shape index (κ2) is 7.77. The Morgan fingerprint density at radius 1 is 1.09 bits per heavy atom. The molecule has 3 rings (SSSR count). The van der Waals surface area contributed by atoms with Crippen LogP contribution in [0.2, 0.25) is 0 Å². The van der Waals surface area contributed by atoms with E-state index in [1.165, 1.54) is 0 Å². The van der Waals surface area contributed by atoms with Gasteiger partial charge in [0.05, 0.1) is 25.0 Å². The molecular weight excluding hydrogens is 358 g/mol. The first-order chi connectivity index (χ1) is 11.2. The Balaban J connectivity index is 1.43. The van der Waals surface area contributed by atoms with Crippen LogP contribution in [0.25, 0.3) is 0 Å². The molecule has 1 aromatic carbocycles. The highest BCUT2D eigenvalue weighted by molar-refractivity contribution is 9.10. The Bertz CT molecular complexity index is 637. The molecule has 23 heavy (non-hydrogen) atoms. The number of para-hydroxylation sites is 1. The van der Waals surface area contributed by atoms with Crippen LogP contribution in [0.4, 0.5) is 5.69 Å². The molecule has 1 aliphatic rings. The zero-order chi connectivity index (χ0) is 16.1. The Morgan fingerprint density at radius 3 is 2.52 bits per heavy atom. The number of benzene rings is 1. The minimum Gasteiger partial charge on any atom is -0.468 e. The molecule has 0 aliphatic carbocycles. The molecule has 5 nitrogen and oxygen atoms in total. The number of furan rings is 1. The first-order valence-corrected chi connectivity index (χ1v) is 8.51. The van der Waals surface area contributed by atoms with Crippen molar-refractivity contribution >= 4 is 27.5 Å². The first kappa shape index (κ1) is 16.2. The summed E-state index contributed by atoms with van der Waals surface area (Å²) in [6.07, 6.45) is 1.71. The predicted molar refractivity (Wildman–Crippen MR) is 93.2 cm³/mol. The van der Waals surface area contributed by atoms with Crippen LogP contribution in [0.3, 0.4) is 0 Å². The molecule has 1 aromatic heterocycles. The average Bonchev–Trinajstić information content (AvgIpc) is 3.04. The standard InChI is InChI=1S/C17H20BrN3O2/c18-15-5-1-2-6-16(15)19-17(22)13-21-9-7-20(8-10-21)12-14-4-3-11-23-14/h1-6,11H,7-10,12-13H2,(H,19,22). The minimum atomic E-state index is 0.0244. The molecule has 122 valence electrons. The Labute approximate surface area is 144 Å². The molecule has 2 heterocycles. The van der Waals surface area contributed by atoms with Gasteiger partial charge in [0.1, 0.15) is 5.76 Å². The van der Waals surface area contributed by atoms with E-state index in [0.717, 1.165) is 48.6 Å². The Hall–Kier alpha value is -1.63. The van der Waals surface area contributed by atoms with E-state index in [0.29, 0.717) is 6.54 Å². The van der Waals surface area contributed by atoms with Crippen LogP contribution in [0.5, 0.6) is 0 Å². The van der Waals surface area contributed by atoms with Crippen molar-refractivity contribution in [1.29, 1.82) is 0 Å². The van der Waals surface area contributed by atoms with Crippen molar-refractivity contribution in [3.05, 3.63) is 52.9 Å². The van der Waals surface area contributed by atoms with E-state index in [4.69, 9.17) is 4.42 Å². The molecular formula is C17H20BrN3O2. The molecule has 1 aliphatic heterocycles. The van der Waals surface area contributed by atoms with Crippen molar-refractivity contribution in [2.75, 3.05) is 38.0 Å². The lowest BCUT2D eigenvalue weighted by molar-refractivity contribution is -0.117. The monoisotopic (exact) mass is 377 g/mol. The maximum Gasteiger partial charge on any atom is 0.238 e. The summed E-state index contributed by atoms with van der Waals surface area (Å²) in [6.45, 7) is 4.94. The number of nitrogens with one attached hydrogen (secondary N) is 1. The highest BCUT2D eigenvalue weighted by Gasteiger charge is 2.19. The molecule has 0 saturated carbocycles. The van der Waals surface area contributed by atoms with Crippen LogP contribution < -0.4 is 5.32 Å². The quantitative estimate of drug-likeness (QED) is 0.870. The van der Waals surface area contributed by atoms with Crippen LogP contribution in [0.15, 0.2) is 51.6 Å². The summed E-state index contributed by atoms with van der Waals surface area (Å²) in [6, 6.07) is 11.6. The van der Waals surface area contributed by atoms with Crippen molar-refractivity contribution in [3.63, 3.8) is 0 Å². The van der Waals surface area contributed by atoms with Gasteiger partial charge >= 0.3 is 0 Å². The summed E-state index contributed by atoms with van der Waals surface area (Å²) in [5.41, 5.74) is 0.814. The second-order valence-electron chi connectivity index (χ2n) is 5.66. The number of halogens is 1. The lowest BCUT2D eigenvalue weighted by Crippen LogP contribution is -2.48. The molecule has 6 heteroatoms. The average molecular weight is 378 g/mol. The maximum atomic E-state index is 12.2. The number of hydrogen-bond donors (Lipinski definition) is 1. The van der Waals surface area contributed by atoms with E-state index < -0.39 is 0 Å². The number of piperazine rings is 1. The zero-order valence-corrected chi connectivity index (χ0v) is 14.5. The van der Waals surface area contributed by atoms with Gasteiger partial charge in [-0.2, -0.15) is 0 Å². The van der Waals surface area contributed by atoms with Crippen molar-refractivity contribution in [3.8, 4) is 0 Å². The summed E-state index contributed by atoms with van der Waals surface area (Å²) in [4.78, 5) is 16.7. The van der Waals surface area contributed by atoms with Gasteiger partial charge in [0.25, 0.3) is 0 Å². The van der Waals surface area contributed by atoms with Gasteiger partial charge in [0.2, 0.25) is 5.91 Å². The van der Waals surface area contributed by atoms with E-state index in [1.807, 2.05) is 36.4 Å². The fraction of sp³-hybridized carbons (Fsp3) is 0.353. The lowest BCUT2D eigenvalue weighted by Gasteiger charge is -2.33. The largest absolute Gasteiger partial charge is 0.468 e. The maximum absolute atomic E-state index is 12.2. The highest BCUT2D eigenvalue weighted by Crippen LogP contribution is 2.21. The van der Waals surface area contributed by atoms with Crippen molar-refractivity contribution < 1.29 is 9.21 Å². The lowest BCUT2D eigenvalue weighted by atomic mass is 10.3. The summed E-state index contributed by atoms with van der Waals surface area (Å²) >= 11 is 3.44. The summed E-state index contributed by atoms with van der Waals surface area (Å²) < 4.78 is 6.28. The van der Waals surface area contributed by atoms with Crippen molar-refractivity contribution in [1.82, 2.24) is 9.80 Å². The third-order valence-electron chi connectivity index (χ3n) is 3.94. The predicted octanol–water partition coefficient (Wildman–Crippen LogP) is 2.80. The van der Waals surface area contributed by atoms with Crippen LogP contribution >= 0.6 is 15.9 Å². The van der Waals surface area contributed by atoms with E-state index in [2.05, 4.69) is 31.0 Å². The molecule has 2 aromatic rings. The van der Waals surface area contributed by atoms with E-state index in [9.17, 15) is 4.79 Å². The van der Waals surface area contributed by atoms with Crippen LogP contribution in [0, 0.1) is 0 Å². The molecule has 1 N–H and O–H groups in total. The number of rotatable bonds is 5. The third-order valence-corrected chi connectivity index (χ3v) is 4.63. The number of nitrogens with zero attached hydrogens (tertiary/aromatic N) is 2. The highest BCUT2D eigenvalue weighted by atomic mass is 79.9. The minimum absolute atomic E-state index is 0.0244. The fourth-order valence-electron chi connectivity index (χ4n) is 2.68. The molecule has 0 radical (unpaired) electrons. The molecule has 0 atom stereocenters. The van der Waals surface area contributed by atoms with Gasteiger partial charge in [-0.05, 0) is 40.2 Å². The number of carbonyl (C=O) groups excluding carboxylic acids is 1. The smallest absolute Gasteiger partial charge is 0.238 e. The van der Waals surface area contributed by atoms with Gasteiger partial charge in [-0.25, -0.2) is 0 Å². The molecule has 0 bridgehead atoms. The van der Waals surface area contributed by atoms with Crippen molar-refractivity contribution in [2.45, 2.75) is 6.54 Å². The third kappa shape index (κ3) is 4.67. The van der Waals surface area contributed by atoms with Gasteiger partial charge in [-0.3, -0.25) is 14.6 Å². The van der Waals surface area contributed by atoms with E-state index in [-0.39, 0.29) is 5.91 Å². The van der Waals surface area contributed by atoms with Gasteiger partial charge in [-0.15, -0.1) is 0 Å². The molecule has 0 spiro atoms. The van der Waals surface area contributed by atoms with Gasteiger partial charge < -0.3 is 9.73 Å². The van der Waals surface area contributed by atoms with Gasteiger partial charge in [-0.1, -0.05) is 12.1 Å². The topological polar surface area (TPSA) is 48.7 Å². The molecule has 1 saturated heterocycles. The van der Waals surface area contributed by atoms with E-state index >= 15 is 0 Å². The number of anilines is 1. The van der Waals surface area contributed by atoms with Crippen LogP contribution in [-0.2, 0) is 11.3 Å². The Kier molecular flexibility index (Phi) is 5.48. The number of carbonyl (C=O) groups is 1. The Morgan fingerprint density at radius 2 is 1.83 bits per heavy atom.